The molecule has 4 aromatic rings. The number of fused-ring (bicyclic) bond motifs is 2. The minimum atomic E-state index is -3.28. The van der Waals surface area contributed by atoms with Gasteiger partial charge >= 0.3 is 6.04 Å². The lowest BCUT2D eigenvalue weighted by molar-refractivity contribution is -0.229. The summed E-state index contributed by atoms with van der Waals surface area (Å²) in [6, 6.07) is 15.2. The van der Waals surface area contributed by atoms with E-state index in [9.17, 15) is 13.2 Å². The third-order valence-electron chi connectivity index (χ3n) is 8.16. The number of benzene rings is 3. The van der Waals surface area contributed by atoms with Crippen LogP contribution in [-0.2, 0) is 27.5 Å². The van der Waals surface area contributed by atoms with Crippen LogP contribution in [0, 0.1) is 0 Å². The molecule has 1 unspecified atom stereocenters. The number of hydrogen-bond acceptors (Lipinski definition) is 6. The molecular formula is C33H34FN3O5S. The van der Waals surface area contributed by atoms with Crippen LogP contribution >= 0.6 is 0 Å². The Balaban J connectivity index is 1.28. The van der Waals surface area contributed by atoms with Gasteiger partial charge in [0.15, 0.2) is 9.84 Å². The number of sulfone groups is 1. The molecule has 0 bridgehead atoms. The largest absolute Gasteiger partial charge is 0.432 e. The first-order valence-corrected chi connectivity index (χ1v) is 16.2. The van der Waals surface area contributed by atoms with Gasteiger partial charge in [-0.15, -0.1) is 0 Å². The lowest BCUT2D eigenvalue weighted by atomic mass is 10.0. The number of ether oxygens (including phenoxy) is 2. The fourth-order valence-electron chi connectivity index (χ4n) is 5.52. The molecule has 1 aliphatic carbocycles. The highest BCUT2D eigenvalue weighted by molar-refractivity contribution is 7.91. The van der Waals surface area contributed by atoms with E-state index in [1.807, 2.05) is 31.2 Å². The van der Waals surface area contributed by atoms with Gasteiger partial charge in [0.2, 0.25) is 0 Å². The molecule has 0 spiro atoms. The SMILES string of the molecule is C=CC1(F)OCCc2cccc([C@@H](C)n3c(C4CC4)nc4cc(C(=O)NCc5ccc(S(=O)(=O)CC)cc5)ccc43)c2O1. The number of nitrogens with zero attached hydrogens (tertiary/aromatic N) is 2. The Labute approximate surface area is 250 Å². The topological polar surface area (TPSA) is 99.5 Å². The van der Waals surface area contributed by atoms with E-state index in [0.29, 0.717) is 29.2 Å². The molecule has 8 nitrogen and oxygen atoms in total. The van der Waals surface area contributed by atoms with Crippen LogP contribution < -0.4 is 10.1 Å². The van der Waals surface area contributed by atoms with Crippen LogP contribution in [0.2, 0.25) is 0 Å². The predicted molar refractivity (Wildman–Crippen MR) is 162 cm³/mol. The quantitative estimate of drug-likeness (QED) is 0.235. The number of hydrogen-bond donors (Lipinski definition) is 1. The summed E-state index contributed by atoms with van der Waals surface area (Å²) < 4.78 is 52.6. The van der Waals surface area contributed by atoms with Gasteiger partial charge < -0.3 is 19.4 Å². The highest BCUT2D eigenvalue weighted by Crippen LogP contribution is 2.44. The highest BCUT2D eigenvalue weighted by Gasteiger charge is 2.36. The number of carbonyl (C=O) groups excluding carboxylic acids is 1. The number of para-hydroxylation sites is 1. The number of alkyl halides is 1. The summed E-state index contributed by atoms with van der Waals surface area (Å²) in [5.74, 6) is 1.47. The molecule has 0 radical (unpaired) electrons. The van der Waals surface area contributed by atoms with Gasteiger partial charge in [-0.1, -0.05) is 43.8 Å². The Morgan fingerprint density at radius 3 is 2.67 bits per heavy atom. The van der Waals surface area contributed by atoms with Crippen molar-refractivity contribution in [3.8, 4) is 5.75 Å². The van der Waals surface area contributed by atoms with Crippen molar-refractivity contribution in [3.63, 3.8) is 0 Å². The minimum Gasteiger partial charge on any atom is -0.432 e. The number of amides is 1. The summed E-state index contributed by atoms with van der Waals surface area (Å²) in [5, 5.41) is 2.92. The summed E-state index contributed by atoms with van der Waals surface area (Å²) in [6.07, 6.45) is 3.60. The van der Waals surface area contributed by atoms with E-state index in [2.05, 4.69) is 16.5 Å². The molecule has 2 aliphatic rings. The highest BCUT2D eigenvalue weighted by atomic mass is 32.2. The average molecular weight is 604 g/mol. The van der Waals surface area contributed by atoms with Crippen LogP contribution in [0.5, 0.6) is 5.75 Å². The zero-order valence-electron chi connectivity index (χ0n) is 24.2. The first-order valence-electron chi connectivity index (χ1n) is 14.5. The normalized spacial score (nSPS) is 19.2. The number of carbonyl (C=O) groups is 1. The van der Waals surface area contributed by atoms with Gasteiger partial charge in [-0.2, -0.15) is 4.39 Å². The standard InChI is InChI=1S/C33H34FN3O5S/c1-4-33(34)41-18-17-23-7-6-8-27(30(23)42-33)21(3)37-29-16-13-25(19-28(29)36-31(37)24-11-12-24)32(38)35-20-22-9-14-26(15-10-22)43(39,40)5-2/h4,6-10,13-16,19,21,24H,1,5,11-12,17-18,20H2,2-3H3,(H,35,38)/t21-,33?/m1/s1. The van der Waals surface area contributed by atoms with Gasteiger partial charge in [-0.25, -0.2) is 13.4 Å². The van der Waals surface area contributed by atoms with Gasteiger partial charge in [0.25, 0.3) is 5.91 Å². The molecule has 1 aromatic heterocycles. The van der Waals surface area contributed by atoms with E-state index >= 15 is 4.39 Å². The molecule has 3 aromatic carbocycles. The molecule has 0 saturated heterocycles. The third-order valence-corrected chi connectivity index (χ3v) is 9.91. The molecule has 1 aliphatic heterocycles. The molecule has 6 rings (SSSR count). The van der Waals surface area contributed by atoms with Crippen molar-refractivity contribution in [2.24, 2.45) is 0 Å². The van der Waals surface area contributed by atoms with Gasteiger partial charge in [0, 0.05) is 29.7 Å². The first-order chi connectivity index (χ1) is 20.6. The second-order valence-electron chi connectivity index (χ2n) is 11.0. The zero-order valence-corrected chi connectivity index (χ0v) is 25.0. The molecular weight excluding hydrogens is 569 g/mol. The Hall–Kier alpha value is -4.02. The van der Waals surface area contributed by atoms with Crippen LogP contribution in [0.4, 0.5) is 4.39 Å². The third kappa shape index (κ3) is 5.69. The van der Waals surface area contributed by atoms with Crippen molar-refractivity contribution < 1.29 is 27.1 Å². The van der Waals surface area contributed by atoms with E-state index < -0.39 is 15.9 Å². The van der Waals surface area contributed by atoms with Crippen molar-refractivity contribution in [2.75, 3.05) is 12.4 Å². The lowest BCUT2D eigenvalue weighted by Crippen LogP contribution is -2.31. The van der Waals surface area contributed by atoms with Gasteiger partial charge in [0.05, 0.1) is 34.3 Å². The van der Waals surface area contributed by atoms with Gasteiger partial charge in [0.1, 0.15) is 11.6 Å². The number of halogens is 1. The maximum atomic E-state index is 15.2. The molecule has 10 heteroatoms. The molecule has 224 valence electrons. The van der Waals surface area contributed by atoms with Crippen LogP contribution in [0.1, 0.15) is 71.5 Å². The molecule has 43 heavy (non-hydrogen) atoms. The molecule has 2 atom stereocenters. The van der Waals surface area contributed by atoms with E-state index in [4.69, 9.17) is 14.5 Å². The Morgan fingerprint density at radius 2 is 1.98 bits per heavy atom. The van der Waals surface area contributed by atoms with Crippen LogP contribution in [-0.4, -0.2) is 42.3 Å². The molecule has 1 saturated carbocycles. The fourth-order valence-corrected chi connectivity index (χ4v) is 6.41. The van der Waals surface area contributed by atoms with Crippen molar-refractivity contribution in [3.05, 3.63) is 101 Å². The summed E-state index contributed by atoms with van der Waals surface area (Å²) in [4.78, 5) is 18.3. The molecule has 1 N–H and O–H groups in total. The van der Waals surface area contributed by atoms with E-state index in [1.165, 1.54) is 0 Å². The Morgan fingerprint density at radius 1 is 1.21 bits per heavy atom. The molecule has 2 heterocycles. The zero-order chi connectivity index (χ0) is 30.4. The van der Waals surface area contributed by atoms with E-state index in [0.717, 1.165) is 46.9 Å². The van der Waals surface area contributed by atoms with Crippen LogP contribution in [0.15, 0.2) is 78.2 Å². The van der Waals surface area contributed by atoms with Crippen molar-refractivity contribution >= 4 is 26.8 Å². The van der Waals surface area contributed by atoms with Gasteiger partial charge in [-0.05, 0) is 67.6 Å². The van der Waals surface area contributed by atoms with Crippen LogP contribution in [0.25, 0.3) is 11.0 Å². The summed E-state index contributed by atoms with van der Waals surface area (Å²) in [5.41, 5.74) is 4.52. The predicted octanol–water partition coefficient (Wildman–Crippen LogP) is 6.01. The van der Waals surface area contributed by atoms with Crippen molar-refractivity contribution in [1.29, 1.82) is 0 Å². The number of rotatable bonds is 9. The number of nitrogens with one attached hydrogen (secondary N) is 1. The monoisotopic (exact) mass is 603 g/mol. The summed E-state index contributed by atoms with van der Waals surface area (Å²) in [6.45, 7) is 7.63. The van der Waals surface area contributed by atoms with Crippen LogP contribution in [0.3, 0.4) is 0 Å². The fraction of sp³-hybridized carbons (Fsp3) is 0.333. The second-order valence-corrected chi connectivity index (χ2v) is 13.3. The molecule has 1 fully saturated rings. The smallest absolute Gasteiger partial charge is 0.384 e. The average Bonchev–Trinajstić information content (AvgIpc) is 3.82. The number of imidazole rings is 1. The second kappa shape index (κ2) is 11.2. The Bertz CT molecular complexity index is 1810. The summed E-state index contributed by atoms with van der Waals surface area (Å²) >= 11 is 0. The lowest BCUT2D eigenvalue weighted by Gasteiger charge is -2.25. The summed E-state index contributed by atoms with van der Waals surface area (Å²) in [7, 11) is -3.28. The first kappa shape index (κ1) is 29.1. The minimum absolute atomic E-state index is 0.0342. The maximum absolute atomic E-state index is 15.2. The molecule has 1 amide bonds. The Kier molecular flexibility index (Phi) is 7.60. The maximum Gasteiger partial charge on any atom is 0.384 e. The van der Waals surface area contributed by atoms with E-state index in [-0.39, 0.29) is 35.7 Å². The van der Waals surface area contributed by atoms with Gasteiger partial charge in [-0.3, -0.25) is 4.79 Å². The number of aromatic nitrogens is 2. The van der Waals surface area contributed by atoms with Crippen molar-refractivity contribution in [1.82, 2.24) is 14.9 Å². The van der Waals surface area contributed by atoms with Crippen molar-refractivity contribution in [2.45, 2.75) is 62.6 Å². The van der Waals surface area contributed by atoms with E-state index in [1.54, 1.807) is 43.3 Å².